The number of aromatic nitrogens is 4. The Balaban J connectivity index is 2.00. The van der Waals surface area contributed by atoms with Crippen LogP contribution in [0.2, 0.25) is 0 Å². The molecule has 5 nitrogen and oxygen atoms in total. The van der Waals surface area contributed by atoms with Gasteiger partial charge in [0.1, 0.15) is 17.9 Å². The minimum Gasteiger partial charge on any atom is -0.313 e. The van der Waals surface area contributed by atoms with E-state index in [1.165, 1.54) is 23.9 Å². The Bertz CT molecular complexity index is 986. The highest BCUT2D eigenvalue weighted by Crippen LogP contribution is 2.41. The summed E-state index contributed by atoms with van der Waals surface area (Å²) in [5.41, 5.74) is 2.31. The van der Waals surface area contributed by atoms with Crippen LogP contribution >= 0.6 is 11.8 Å². The summed E-state index contributed by atoms with van der Waals surface area (Å²) >= 11 is 1.45. The zero-order chi connectivity index (χ0) is 18.3. The summed E-state index contributed by atoms with van der Waals surface area (Å²) in [6.07, 6.45) is 6.01. The van der Waals surface area contributed by atoms with E-state index in [4.69, 9.17) is 4.98 Å². The van der Waals surface area contributed by atoms with Crippen molar-refractivity contribution in [3.05, 3.63) is 48.2 Å². The highest BCUT2D eigenvalue weighted by molar-refractivity contribution is 7.98. The van der Waals surface area contributed by atoms with Gasteiger partial charge < -0.3 is 9.36 Å². The van der Waals surface area contributed by atoms with E-state index >= 15 is 0 Å². The normalized spacial score (nSPS) is 18.7. The van der Waals surface area contributed by atoms with Crippen LogP contribution in [0.3, 0.4) is 0 Å². The fourth-order valence-corrected chi connectivity index (χ4v) is 3.75. The van der Waals surface area contributed by atoms with E-state index in [-0.39, 0.29) is 5.82 Å². The maximum Gasteiger partial charge on any atom is 0.187 e. The predicted molar refractivity (Wildman–Crippen MR) is 98.5 cm³/mol. The smallest absolute Gasteiger partial charge is 0.187 e. The van der Waals surface area contributed by atoms with Crippen LogP contribution in [0, 0.1) is 5.82 Å². The van der Waals surface area contributed by atoms with Gasteiger partial charge in [0, 0.05) is 18.2 Å². The maximum absolute atomic E-state index is 13.4. The Kier molecular flexibility index (Phi) is 4.11. The lowest BCUT2D eigenvalue weighted by Gasteiger charge is -2.22. The minimum atomic E-state index is -0.666. The van der Waals surface area contributed by atoms with Gasteiger partial charge in [0.2, 0.25) is 0 Å². The number of hydrogen-bond donors (Lipinski definition) is 0. The number of halogens is 1. The van der Waals surface area contributed by atoms with E-state index in [1.807, 2.05) is 23.8 Å². The van der Waals surface area contributed by atoms with Crippen LogP contribution in [-0.4, -0.2) is 32.1 Å². The molecule has 1 aliphatic rings. The first kappa shape index (κ1) is 16.9. The zero-order valence-electron chi connectivity index (χ0n) is 14.4. The minimum absolute atomic E-state index is 0.300. The fourth-order valence-electron chi connectivity index (χ4n) is 3.39. The van der Waals surface area contributed by atoms with Gasteiger partial charge in [-0.25, -0.2) is 19.3 Å². The first-order valence-electron chi connectivity index (χ1n) is 8.27. The van der Waals surface area contributed by atoms with Crippen LogP contribution in [0.1, 0.15) is 19.2 Å². The summed E-state index contributed by atoms with van der Waals surface area (Å²) in [6.45, 7) is 1.91. The number of imidazole rings is 1. The SMILES string of the molecule is CSc1nccc(-c2c(-c3ccc(F)cc3)nc3n2C(C)(C=O)CC3)n1. The molecule has 26 heavy (non-hydrogen) atoms. The first-order valence-corrected chi connectivity index (χ1v) is 9.50. The van der Waals surface area contributed by atoms with Crippen molar-refractivity contribution < 1.29 is 9.18 Å². The Morgan fingerprint density at radius 2 is 2.00 bits per heavy atom. The molecule has 1 aliphatic heterocycles. The lowest BCUT2D eigenvalue weighted by molar-refractivity contribution is -0.114. The average molecular weight is 368 g/mol. The summed E-state index contributed by atoms with van der Waals surface area (Å²) in [7, 11) is 0. The number of thioether (sulfide) groups is 1. The van der Waals surface area contributed by atoms with Crippen molar-refractivity contribution in [1.29, 1.82) is 0 Å². The second-order valence-corrected chi connectivity index (χ2v) is 7.24. The van der Waals surface area contributed by atoms with E-state index in [0.717, 1.165) is 23.4 Å². The standard InChI is InChI=1S/C19H17FN4OS/c1-19(11-25)9-7-15-23-16(12-3-5-13(20)6-4-12)17(24(15)19)14-8-10-21-18(22-14)26-2/h3-6,8,10-11H,7,9H2,1-2H3. The molecule has 0 bridgehead atoms. The molecule has 4 rings (SSSR count). The Morgan fingerprint density at radius 1 is 1.23 bits per heavy atom. The van der Waals surface area contributed by atoms with E-state index in [0.29, 0.717) is 29.4 Å². The number of aryl methyl sites for hydroxylation is 1. The Labute approximate surface area is 154 Å². The third-order valence-electron chi connectivity index (χ3n) is 4.74. The van der Waals surface area contributed by atoms with Crippen LogP contribution in [-0.2, 0) is 16.8 Å². The molecule has 0 saturated heterocycles. The Hall–Kier alpha value is -2.54. The monoisotopic (exact) mass is 368 g/mol. The van der Waals surface area contributed by atoms with Crippen LogP contribution in [0.15, 0.2) is 41.7 Å². The second-order valence-electron chi connectivity index (χ2n) is 6.47. The largest absolute Gasteiger partial charge is 0.313 e. The molecule has 0 amide bonds. The van der Waals surface area contributed by atoms with Gasteiger partial charge in [-0.1, -0.05) is 11.8 Å². The van der Waals surface area contributed by atoms with E-state index in [2.05, 4.69) is 9.97 Å². The summed E-state index contributed by atoms with van der Waals surface area (Å²) in [6, 6.07) is 8.05. The van der Waals surface area contributed by atoms with E-state index < -0.39 is 5.54 Å². The van der Waals surface area contributed by atoms with Gasteiger partial charge in [0.25, 0.3) is 0 Å². The molecule has 2 aromatic heterocycles. The third-order valence-corrected chi connectivity index (χ3v) is 5.30. The van der Waals surface area contributed by atoms with Crippen molar-refractivity contribution in [2.45, 2.75) is 30.5 Å². The lowest BCUT2D eigenvalue weighted by atomic mass is 9.99. The molecule has 7 heteroatoms. The van der Waals surface area contributed by atoms with Gasteiger partial charge in [-0.15, -0.1) is 0 Å². The van der Waals surface area contributed by atoms with Gasteiger partial charge in [0.05, 0.1) is 22.6 Å². The highest BCUT2D eigenvalue weighted by Gasteiger charge is 2.39. The third kappa shape index (κ3) is 2.63. The summed E-state index contributed by atoms with van der Waals surface area (Å²) < 4.78 is 15.3. The first-order chi connectivity index (χ1) is 12.6. The molecule has 132 valence electrons. The molecule has 0 spiro atoms. The number of fused-ring (bicyclic) bond motifs is 1. The van der Waals surface area contributed by atoms with Crippen LogP contribution < -0.4 is 0 Å². The molecule has 0 N–H and O–H groups in total. The van der Waals surface area contributed by atoms with Crippen molar-refractivity contribution in [1.82, 2.24) is 19.5 Å². The molecule has 1 aromatic carbocycles. The fraction of sp³-hybridized carbons (Fsp3) is 0.263. The summed E-state index contributed by atoms with van der Waals surface area (Å²) in [5.74, 6) is 0.546. The maximum atomic E-state index is 13.4. The summed E-state index contributed by atoms with van der Waals surface area (Å²) in [4.78, 5) is 25.5. The number of aldehydes is 1. The molecule has 0 saturated carbocycles. The molecule has 1 atom stereocenters. The van der Waals surface area contributed by atoms with Crippen LogP contribution in [0.5, 0.6) is 0 Å². The molecule has 1 unspecified atom stereocenters. The molecular weight excluding hydrogens is 351 g/mol. The van der Waals surface area contributed by atoms with Crippen LogP contribution in [0.4, 0.5) is 4.39 Å². The highest BCUT2D eigenvalue weighted by atomic mass is 32.2. The quantitative estimate of drug-likeness (QED) is 0.399. The molecule has 0 aliphatic carbocycles. The van der Waals surface area contributed by atoms with E-state index in [9.17, 15) is 9.18 Å². The molecular formula is C19H17FN4OS. The number of hydrogen-bond acceptors (Lipinski definition) is 5. The number of benzene rings is 1. The van der Waals surface area contributed by atoms with Gasteiger partial charge in [-0.3, -0.25) is 0 Å². The molecule has 3 aromatic rings. The second kappa shape index (κ2) is 6.32. The molecule has 0 fully saturated rings. The van der Waals surface area contributed by atoms with Gasteiger partial charge in [-0.2, -0.15) is 0 Å². The van der Waals surface area contributed by atoms with Crippen molar-refractivity contribution in [3.63, 3.8) is 0 Å². The van der Waals surface area contributed by atoms with Gasteiger partial charge in [-0.05, 0) is 49.9 Å². The zero-order valence-corrected chi connectivity index (χ0v) is 15.3. The van der Waals surface area contributed by atoms with Gasteiger partial charge in [0.15, 0.2) is 5.16 Å². The number of carbonyl (C=O) groups is 1. The predicted octanol–water partition coefficient (Wildman–Crippen LogP) is 3.73. The van der Waals surface area contributed by atoms with Crippen molar-refractivity contribution in [2.75, 3.05) is 6.26 Å². The van der Waals surface area contributed by atoms with Crippen molar-refractivity contribution >= 4 is 18.0 Å². The number of carbonyl (C=O) groups excluding carboxylic acids is 1. The Morgan fingerprint density at radius 3 is 2.69 bits per heavy atom. The van der Waals surface area contributed by atoms with E-state index in [1.54, 1.807) is 18.3 Å². The average Bonchev–Trinajstić information content (AvgIpc) is 3.21. The van der Waals surface area contributed by atoms with Crippen molar-refractivity contribution in [3.8, 4) is 22.6 Å². The number of rotatable bonds is 4. The topological polar surface area (TPSA) is 60.7 Å². The summed E-state index contributed by atoms with van der Waals surface area (Å²) in [5, 5.41) is 0.647. The van der Waals surface area contributed by atoms with Crippen molar-refractivity contribution in [2.24, 2.45) is 0 Å². The van der Waals surface area contributed by atoms with Crippen LogP contribution in [0.25, 0.3) is 22.6 Å². The molecule has 3 heterocycles. The lowest BCUT2D eigenvalue weighted by Crippen LogP contribution is -2.28. The number of nitrogens with zero attached hydrogens (tertiary/aromatic N) is 4. The molecule has 0 radical (unpaired) electrons. The van der Waals surface area contributed by atoms with Gasteiger partial charge >= 0.3 is 0 Å².